The summed E-state index contributed by atoms with van der Waals surface area (Å²) in [5.41, 5.74) is 0.355. The summed E-state index contributed by atoms with van der Waals surface area (Å²) in [4.78, 5) is 41.3. The molecule has 0 saturated carbocycles. The van der Waals surface area contributed by atoms with Crippen LogP contribution in [0.5, 0.6) is 0 Å². The second-order valence-electron chi connectivity index (χ2n) is 10.2. The van der Waals surface area contributed by atoms with E-state index in [1.165, 1.54) is 0 Å². The van der Waals surface area contributed by atoms with Crippen molar-refractivity contribution in [3.63, 3.8) is 0 Å². The van der Waals surface area contributed by atoms with Gasteiger partial charge in [-0.2, -0.15) is 12.6 Å². The van der Waals surface area contributed by atoms with Gasteiger partial charge in [0.25, 0.3) is 0 Å². The summed E-state index contributed by atoms with van der Waals surface area (Å²) in [5.74, 6) is -0.619. The molecule has 7 nitrogen and oxygen atoms in total. The Morgan fingerprint density at radius 2 is 1.58 bits per heavy atom. The molecule has 0 aliphatic rings. The number of thiol groups is 1. The molecule has 2 N–H and O–H groups in total. The Hall–Kier alpha value is -2.22. The van der Waals surface area contributed by atoms with E-state index in [-0.39, 0.29) is 17.7 Å². The summed E-state index contributed by atoms with van der Waals surface area (Å²) < 4.78 is 5.34. The molecular formula is C25H41N3O4S. The highest BCUT2D eigenvalue weighted by molar-refractivity contribution is 7.80. The second-order valence-corrected chi connectivity index (χ2v) is 10.6. The lowest BCUT2D eigenvalue weighted by molar-refractivity contribution is -0.149. The number of alkyl carbamates (subject to hydrolysis) is 1. The summed E-state index contributed by atoms with van der Waals surface area (Å²) in [6.45, 7) is 16.8. The van der Waals surface area contributed by atoms with Crippen LogP contribution in [0.2, 0.25) is 0 Å². The number of benzene rings is 1. The van der Waals surface area contributed by atoms with Crippen LogP contribution in [0, 0.1) is 6.92 Å². The fourth-order valence-corrected chi connectivity index (χ4v) is 3.53. The maximum Gasteiger partial charge on any atom is 0.408 e. The van der Waals surface area contributed by atoms with Gasteiger partial charge in [0.05, 0.1) is 0 Å². The molecule has 1 aromatic rings. The molecule has 0 saturated heterocycles. The van der Waals surface area contributed by atoms with E-state index in [0.717, 1.165) is 5.56 Å². The van der Waals surface area contributed by atoms with Crippen molar-refractivity contribution in [2.75, 3.05) is 5.75 Å². The molecule has 2 unspecified atom stereocenters. The number of amides is 3. The average molecular weight is 480 g/mol. The Morgan fingerprint density at radius 1 is 1.03 bits per heavy atom. The number of rotatable bonds is 9. The van der Waals surface area contributed by atoms with Gasteiger partial charge in [-0.1, -0.05) is 36.8 Å². The molecule has 0 bridgehead atoms. The lowest BCUT2D eigenvalue weighted by atomic mass is 9.91. The van der Waals surface area contributed by atoms with Gasteiger partial charge in [0.2, 0.25) is 11.8 Å². The van der Waals surface area contributed by atoms with Crippen LogP contribution >= 0.6 is 12.6 Å². The first-order valence-corrected chi connectivity index (χ1v) is 12.1. The number of hydrogen-bond acceptors (Lipinski definition) is 5. The SMILES string of the molecule is CCC(C)(C)N(C(=O)C(CS)NC(=O)OC(C)(C)C)C(C(=O)NC(C)C)c1ccc(C)cc1. The van der Waals surface area contributed by atoms with E-state index in [1.807, 2.05) is 65.8 Å². The molecule has 1 aromatic carbocycles. The van der Waals surface area contributed by atoms with Crippen LogP contribution in [0.1, 0.15) is 79.0 Å². The molecule has 0 radical (unpaired) electrons. The molecule has 2 atom stereocenters. The second kappa shape index (κ2) is 11.8. The monoisotopic (exact) mass is 479 g/mol. The molecule has 1 rings (SSSR count). The first kappa shape index (κ1) is 28.8. The van der Waals surface area contributed by atoms with Gasteiger partial charge < -0.3 is 20.3 Å². The predicted octanol–water partition coefficient (Wildman–Crippen LogP) is 4.40. The normalized spacial score (nSPS) is 13.8. The highest BCUT2D eigenvalue weighted by Gasteiger charge is 2.42. The van der Waals surface area contributed by atoms with Gasteiger partial charge in [0.1, 0.15) is 17.7 Å². The zero-order valence-electron chi connectivity index (χ0n) is 21.5. The van der Waals surface area contributed by atoms with Crippen molar-refractivity contribution in [2.24, 2.45) is 0 Å². The largest absolute Gasteiger partial charge is 0.444 e. The van der Waals surface area contributed by atoms with Crippen LogP contribution in [-0.2, 0) is 14.3 Å². The Bertz CT molecular complexity index is 816. The molecule has 8 heteroatoms. The molecule has 33 heavy (non-hydrogen) atoms. The van der Waals surface area contributed by atoms with Crippen molar-refractivity contribution in [2.45, 2.75) is 98.0 Å². The van der Waals surface area contributed by atoms with Crippen molar-refractivity contribution in [3.05, 3.63) is 35.4 Å². The number of aryl methyl sites for hydroxylation is 1. The number of nitrogens with one attached hydrogen (secondary N) is 2. The highest BCUT2D eigenvalue weighted by Crippen LogP contribution is 2.32. The van der Waals surface area contributed by atoms with Gasteiger partial charge in [-0.15, -0.1) is 0 Å². The minimum atomic E-state index is -0.964. The summed E-state index contributed by atoms with van der Waals surface area (Å²) in [7, 11) is 0. The molecule has 186 valence electrons. The van der Waals surface area contributed by atoms with Crippen LogP contribution in [0.25, 0.3) is 0 Å². The maximum atomic E-state index is 13.9. The Labute approximate surface area is 204 Å². The van der Waals surface area contributed by atoms with E-state index in [2.05, 4.69) is 23.3 Å². The fourth-order valence-electron chi connectivity index (χ4n) is 3.28. The molecule has 0 fully saturated rings. The summed E-state index contributed by atoms with van der Waals surface area (Å²) in [6.07, 6.45) is -0.107. The molecule has 0 aromatic heterocycles. The number of ether oxygens (including phenoxy) is 1. The first-order valence-electron chi connectivity index (χ1n) is 11.4. The maximum absolute atomic E-state index is 13.9. The molecule has 0 spiro atoms. The third kappa shape index (κ3) is 8.57. The minimum absolute atomic E-state index is 0.0563. The van der Waals surface area contributed by atoms with Crippen molar-refractivity contribution >= 4 is 30.5 Å². The third-order valence-electron chi connectivity index (χ3n) is 5.26. The highest BCUT2D eigenvalue weighted by atomic mass is 32.1. The van der Waals surface area contributed by atoms with Gasteiger partial charge in [-0.05, 0) is 67.4 Å². The predicted molar refractivity (Wildman–Crippen MR) is 135 cm³/mol. The fraction of sp³-hybridized carbons (Fsp3) is 0.640. The van der Waals surface area contributed by atoms with Crippen molar-refractivity contribution in [3.8, 4) is 0 Å². The smallest absolute Gasteiger partial charge is 0.408 e. The van der Waals surface area contributed by atoms with E-state index in [1.54, 1.807) is 25.7 Å². The van der Waals surface area contributed by atoms with E-state index in [4.69, 9.17) is 4.74 Å². The summed E-state index contributed by atoms with van der Waals surface area (Å²) in [5, 5.41) is 5.59. The number of carbonyl (C=O) groups excluding carboxylic acids is 3. The summed E-state index contributed by atoms with van der Waals surface area (Å²) >= 11 is 4.32. The lowest BCUT2D eigenvalue weighted by Crippen LogP contribution is -2.60. The van der Waals surface area contributed by atoms with Crippen molar-refractivity contribution < 1.29 is 19.1 Å². The number of hydrogen-bond donors (Lipinski definition) is 3. The zero-order chi connectivity index (χ0) is 25.6. The van der Waals surface area contributed by atoms with Crippen LogP contribution in [0.3, 0.4) is 0 Å². The van der Waals surface area contributed by atoms with Gasteiger partial charge in [0.15, 0.2) is 0 Å². The topological polar surface area (TPSA) is 87.7 Å². The Kier molecular flexibility index (Phi) is 10.3. The summed E-state index contributed by atoms with van der Waals surface area (Å²) in [6, 6.07) is 5.62. The average Bonchev–Trinajstić information content (AvgIpc) is 2.68. The van der Waals surface area contributed by atoms with Gasteiger partial charge in [-0.3, -0.25) is 9.59 Å². The third-order valence-corrected chi connectivity index (χ3v) is 5.62. The molecule has 0 aliphatic carbocycles. The van der Waals surface area contributed by atoms with Crippen molar-refractivity contribution in [1.82, 2.24) is 15.5 Å². The molecule has 0 aliphatic heterocycles. The van der Waals surface area contributed by atoms with E-state index < -0.39 is 35.2 Å². The standard InChI is InChI=1S/C25H41N3O4S/c1-10-25(8,9)28(22(30)19(15-33)27-23(31)32-24(5,6)7)20(21(29)26-16(2)3)18-13-11-17(4)12-14-18/h11-14,16,19-20,33H,10,15H2,1-9H3,(H,26,29)(H,27,31). The lowest BCUT2D eigenvalue weighted by Gasteiger charge is -2.44. The Morgan fingerprint density at radius 3 is 2.00 bits per heavy atom. The van der Waals surface area contributed by atoms with Crippen LogP contribution in [-0.4, -0.2) is 51.8 Å². The number of carbonyl (C=O) groups is 3. The zero-order valence-corrected chi connectivity index (χ0v) is 22.4. The van der Waals surface area contributed by atoms with E-state index in [0.29, 0.717) is 12.0 Å². The molecular weight excluding hydrogens is 438 g/mol. The van der Waals surface area contributed by atoms with Crippen LogP contribution in [0.4, 0.5) is 4.79 Å². The molecule has 0 heterocycles. The quantitative estimate of drug-likeness (QED) is 0.458. The molecule has 3 amide bonds. The van der Waals surface area contributed by atoms with E-state index in [9.17, 15) is 14.4 Å². The Balaban J connectivity index is 3.51. The van der Waals surface area contributed by atoms with Crippen LogP contribution in [0.15, 0.2) is 24.3 Å². The van der Waals surface area contributed by atoms with Gasteiger partial charge in [-0.25, -0.2) is 4.79 Å². The minimum Gasteiger partial charge on any atom is -0.444 e. The number of nitrogens with zero attached hydrogens (tertiary/aromatic N) is 1. The van der Waals surface area contributed by atoms with Crippen LogP contribution < -0.4 is 10.6 Å². The van der Waals surface area contributed by atoms with Gasteiger partial charge in [0, 0.05) is 17.3 Å². The van der Waals surface area contributed by atoms with Crippen molar-refractivity contribution in [1.29, 1.82) is 0 Å². The van der Waals surface area contributed by atoms with E-state index >= 15 is 0 Å². The van der Waals surface area contributed by atoms with Gasteiger partial charge >= 0.3 is 6.09 Å². The first-order chi connectivity index (χ1) is 15.1.